The predicted molar refractivity (Wildman–Crippen MR) is 99.2 cm³/mol. The van der Waals surface area contributed by atoms with Gasteiger partial charge in [0, 0.05) is 11.8 Å². The van der Waals surface area contributed by atoms with Gasteiger partial charge in [0.05, 0.1) is 16.6 Å². The van der Waals surface area contributed by atoms with E-state index in [-0.39, 0.29) is 22.4 Å². The van der Waals surface area contributed by atoms with Gasteiger partial charge in [-0.3, -0.25) is 9.78 Å². The number of aromatic nitrogens is 1. The Balaban J connectivity index is 1.94. The SMILES string of the molecule is Cc1cccnc1[C@@H](NC(=O)c1cc(C)c(C)c(S(N)(=O)=O)c1)C1CC1. The molecule has 1 saturated carbocycles. The van der Waals surface area contributed by atoms with E-state index >= 15 is 0 Å². The minimum atomic E-state index is -3.90. The Labute approximate surface area is 153 Å². The fraction of sp³-hybridized carbons (Fsp3) is 0.368. The number of carbonyl (C=O) groups excluding carboxylic acids is 1. The maximum absolute atomic E-state index is 12.8. The zero-order valence-corrected chi connectivity index (χ0v) is 15.9. The van der Waals surface area contributed by atoms with Gasteiger partial charge in [-0.25, -0.2) is 13.6 Å². The summed E-state index contributed by atoms with van der Waals surface area (Å²) in [5.41, 5.74) is 3.44. The summed E-state index contributed by atoms with van der Waals surface area (Å²) in [4.78, 5) is 17.3. The lowest BCUT2D eigenvalue weighted by Gasteiger charge is -2.20. The molecule has 3 N–H and O–H groups in total. The molecule has 6 nitrogen and oxygen atoms in total. The third-order valence-corrected chi connectivity index (χ3v) is 5.95. The van der Waals surface area contributed by atoms with Crippen LogP contribution in [0.2, 0.25) is 0 Å². The van der Waals surface area contributed by atoms with Gasteiger partial charge in [0.25, 0.3) is 5.91 Å². The molecule has 0 bridgehead atoms. The Bertz CT molecular complexity index is 966. The quantitative estimate of drug-likeness (QED) is 0.841. The molecule has 0 aliphatic heterocycles. The average molecular weight is 373 g/mol. The maximum Gasteiger partial charge on any atom is 0.251 e. The van der Waals surface area contributed by atoms with E-state index in [1.165, 1.54) is 6.07 Å². The number of carbonyl (C=O) groups is 1. The molecule has 0 saturated heterocycles. The van der Waals surface area contributed by atoms with Gasteiger partial charge in [-0.05, 0) is 74.4 Å². The fourth-order valence-electron chi connectivity index (χ4n) is 3.14. The number of hydrogen-bond acceptors (Lipinski definition) is 4. The Morgan fingerprint density at radius 3 is 2.50 bits per heavy atom. The van der Waals surface area contributed by atoms with Crippen molar-refractivity contribution in [3.8, 4) is 0 Å². The number of rotatable bonds is 5. The van der Waals surface area contributed by atoms with Crippen molar-refractivity contribution in [2.24, 2.45) is 11.1 Å². The summed E-state index contributed by atoms with van der Waals surface area (Å²) in [6.45, 7) is 5.42. The summed E-state index contributed by atoms with van der Waals surface area (Å²) in [6, 6.07) is 6.70. The van der Waals surface area contributed by atoms with Crippen molar-refractivity contribution in [2.45, 2.75) is 44.6 Å². The average Bonchev–Trinajstić information content (AvgIpc) is 3.39. The normalized spacial score (nSPS) is 15.5. The third kappa shape index (κ3) is 3.78. The molecule has 1 aromatic carbocycles. The van der Waals surface area contributed by atoms with Crippen LogP contribution in [-0.2, 0) is 10.0 Å². The molecule has 26 heavy (non-hydrogen) atoms. The number of nitrogens with zero attached hydrogens (tertiary/aromatic N) is 1. The van der Waals surface area contributed by atoms with Crippen molar-refractivity contribution in [3.05, 3.63) is 58.4 Å². The molecule has 1 amide bonds. The second kappa shape index (κ2) is 6.81. The van der Waals surface area contributed by atoms with E-state index in [2.05, 4.69) is 10.3 Å². The van der Waals surface area contributed by atoms with Gasteiger partial charge in [-0.1, -0.05) is 6.07 Å². The minimum Gasteiger partial charge on any atom is -0.343 e. The fourth-order valence-corrected chi connectivity index (χ4v) is 4.02. The molecule has 1 aromatic heterocycles. The van der Waals surface area contributed by atoms with E-state index in [1.54, 1.807) is 26.1 Å². The van der Waals surface area contributed by atoms with Crippen LogP contribution in [-0.4, -0.2) is 19.3 Å². The molecule has 1 heterocycles. The monoisotopic (exact) mass is 373 g/mol. The summed E-state index contributed by atoms with van der Waals surface area (Å²) >= 11 is 0. The molecular formula is C19H23N3O3S. The summed E-state index contributed by atoms with van der Waals surface area (Å²) in [7, 11) is -3.90. The zero-order valence-electron chi connectivity index (χ0n) is 15.1. The van der Waals surface area contributed by atoms with E-state index in [9.17, 15) is 13.2 Å². The highest BCUT2D eigenvalue weighted by Crippen LogP contribution is 2.41. The second-order valence-corrected chi connectivity index (χ2v) is 8.49. The number of primary sulfonamides is 1. The van der Waals surface area contributed by atoms with Gasteiger partial charge >= 0.3 is 0 Å². The first kappa shape index (κ1) is 18.5. The van der Waals surface area contributed by atoms with Crippen LogP contribution in [0.4, 0.5) is 0 Å². The number of hydrogen-bond donors (Lipinski definition) is 2. The lowest BCUT2D eigenvalue weighted by atomic mass is 10.0. The Morgan fingerprint density at radius 1 is 1.23 bits per heavy atom. The number of amides is 1. The van der Waals surface area contributed by atoms with Crippen LogP contribution in [0.5, 0.6) is 0 Å². The Morgan fingerprint density at radius 2 is 1.92 bits per heavy atom. The van der Waals surface area contributed by atoms with Gasteiger partial charge in [0.1, 0.15) is 0 Å². The molecule has 2 aromatic rings. The standard InChI is InChI=1S/C19H23N3O3S/c1-11-5-4-8-21-17(11)18(14-6-7-14)22-19(23)15-9-12(2)13(3)16(10-15)26(20,24)25/h4-5,8-10,14,18H,6-7H2,1-3H3,(H,22,23)(H2,20,24,25)/t18-/m0/s1. The van der Waals surface area contributed by atoms with Crippen LogP contribution in [0.25, 0.3) is 0 Å². The largest absolute Gasteiger partial charge is 0.343 e. The molecule has 7 heteroatoms. The van der Waals surface area contributed by atoms with Gasteiger partial charge in [0.15, 0.2) is 0 Å². The zero-order chi connectivity index (χ0) is 19.1. The van der Waals surface area contributed by atoms with Crippen molar-refractivity contribution in [2.75, 3.05) is 0 Å². The summed E-state index contributed by atoms with van der Waals surface area (Å²) in [5, 5.41) is 8.34. The maximum atomic E-state index is 12.8. The van der Waals surface area contributed by atoms with Gasteiger partial charge in [-0.2, -0.15) is 0 Å². The van der Waals surface area contributed by atoms with Crippen LogP contribution < -0.4 is 10.5 Å². The first-order chi connectivity index (χ1) is 12.2. The molecule has 0 spiro atoms. The number of nitrogens with one attached hydrogen (secondary N) is 1. The number of aryl methyl sites for hydroxylation is 2. The van der Waals surface area contributed by atoms with Crippen molar-refractivity contribution in [1.29, 1.82) is 0 Å². The number of pyridine rings is 1. The summed E-state index contributed by atoms with van der Waals surface area (Å²) in [6.07, 6.45) is 3.80. The van der Waals surface area contributed by atoms with Crippen LogP contribution >= 0.6 is 0 Å². The molecule has 0 radical (unpaired) electrons. The van der Waals surface area contributed by atoms with E-state index in [1.807, 2.05) is 19.1 Å². The Kier molecular flexibility index (Phi) is 4.86. The third-order valence-electron chi connectivity index (χ3n) is 4.91. The minimum absolute atomic E-state index is 0.0142. The van der Waals surface area contributed by atoms with Gasteiger partial charge < -0.3 is 5.32 Å². The molecule has 1 aliphatic carbocycles. The number of benzene rings is 1. The topological polar surface area (TPSA) is 102 Å². The molecule has 1 aliphatic rings. The van der Waals surface area contributed by atoms with Crippen molar-refractivity contribution < 1.29 is 13.2 Å². The van der Waals surface area contributed by atoms with E-state index in [4.69, 9.17) is 5.14 Å². The van der Waals surface area contributed by atoms with Crippen molar-refractivity contribution in [3.63, 3.8) is 0 Å². The van der Waals surface area contributed by atoms with E-state index in [0.717, 1.165) is 24.1 Å². The first-order valence-electron chi connectivity index (χ1n) is 8.55. The van der Waals surface area contributed by atoms with Crippen LogP contribution in [0, 0.1) is 26.7 Å². The number of nitrogens with two attached hydrogens (primary N) is 1. The first-order valence-corrected chi connectivity index (χ1v) is 10.1. The van der Waals surface area contributed by atoms with Crippen molar-refractivity contribution >= 4 is 15.9 Å². The lowest BCUT2D eigenvalue weighted by Crippen LogP contribution is -2.31. The highest BCUT2D eigenvalue weighted by atomic mass is 32.2. The van der Waals surface area contributed by atoms with E-state index < -0.39 is 10.0 Å². The van der Waals surface area contributed by atoms with Gasteiger partial charge in [-0.15, -0.1) is 0 Å². The van der Waals surface area contributed by atoms with Crippen LogP contribution in [0.15, 0.2) is 35.4 Å². The number of sulfonamides is 1. The Hall–Kier alpha value is -2.25. The molecule has 3 rings (SSSR count). The lowest BCUT2D eigenvalue weighted by molar-refractivity contribution is 0.0930. The summed E-state index contributed by atoms with van der Waals surface area (Å²) < 4.78 is 23.6. The van der Waals surface area contributed by atoms with Gasteiger partial charge in [0.2, 0.25) is 10.0 Å². The molecule has 1 fully saturated rings. The van der Waals surface area contributed by atoms with Crippen LogP contribution in [0.1, 0.15) is 51.6 Å². The summed E-state index contributed by atoms with van der Waals surface area (Å²) in [5.74, 6) is 0.0387. The molecule has 1 atom stereocenters. The predicted octanol–water partition coefficient (Wildman–Crippen LogP) is 2.54. The highest BCUT2D eigenvalue weighted by molar-refractivity contribution is 7.89. The molecular weight excluding hydrogens is 350 g/mol. The van der Waals surface area contributed by atoms with Crippen molar-refractivity contribution in [1.82, 2.24) is 10.3 Å². The highest BCUT2D eigenvalue weighted by Gasteiger charge is 2.35. The molecule has 138 valence electrons. The molecule has 0 unspecified atom stereocenters. The van der Waals surface area contributed by atoms with Crippen LogP contribution in [0.3, 0.4) is 0 Å². The van der Waals surface area contributed by atoms with E-state index in [0.29, 0.717) is 17.0 Å². The second-order valence-electron chi connectivity index (χ2n) is 6.96. The smallest absolute Gasteiger partial charge is 0.251 e.